The van der Waals surface area contributed by atoms with Gasteiger partial charge in [0.15, 0.2) is 0 Å². The van der Waals surface area contributed by atoms with Crippen LogP contribution < -0.4 is 27.4 Å². The van der Waals surface area contributed by atoms with Crippen LogP contribution in [-0.2, 0) is 36.8 Å². The van der Waals surface area contributed by atoms with Crippen molar-refractivity contribution in [2.24, 2.45) is 17.4 Å². The SMILES string of the molecule is CC[C@@]1(NC(=O)[C@H](Cc2ccccc2)N(C(=O)[C@H](N)CC2CCCCC2)C(=O)[C@@H]2CCCN2C(=O)[C@H](CCCCN)NC(=O)[C@H](Cc2ccccc2)NC)C=CC=CC1. The van der Waals surface area contributed by atoms with Gasteiger partial charge in [0.1, 0.15) is 18.1 Å². The number of hydrogen-bond acceptors (Lipinski definition) is 8. The van der Waals surface area contributed by atoms with Crippen LogP contribution in [0.15, 0.2) is 85.0 Å². The van der Waals surface area contributed by atoms with E-state index in [9.17, 15) is 19.2 Å². The number of benzene rings is 2. The summed E-state index contributed by atoms with van der Waals surface area (Å²) in [4.78, 5) is 76.0. The number of rotatable bonds is 20. The predicted molar refractivity (Wildman–Crippen MR) is 232 cm³/mol. The molecular weight excluding hydrogens is 743 g/mol. The summed E-state index contributed by atoms with van der Waals surface area (Å²) in [5.74, 6) is -2.16. The molecule has 320 valence electrons. The van der Waals surface area contributed by atoms with Crippen LogP contribution in [0.5, 0.6) is 0 Å². The summed E-state index contributed by atoms with van der Waals surface area (Å²) in [5, 5.41) is 9.33. The van der Waals surface area contributed by atoms with Gasteiger partial charge in [0, 0.05) is 13.0 Å². The van der Waals surface area contributed by atoms with Crippen LogP contribution in [0, 0.1) is 5.92 Å². The zero-order valence-corrected chi connectivity index (χ0v) is 35.2. The first-order valence-corrected chi connectivity index (χ1v) is 21.9. The topological polar surface area (TPSA) is 180 Å². The Morgan fingerprint density at radius 1 is 0.847 bits per heavy atom. The largest absolute Gasteiger partial charge is 0.345 e. The van der Waals surface area contributed by atoms with E-state index in [0.717, 1.165) is 48.1 Å². The first kappa shape index (κ1) is 45.4. The van der Waals surface area contributed by atoms with Gasteiger partial charge in [-0.1, -0.05) is 124 Å². The van der Waals surface area contributed by atoms with Gasteiger partial charge in [-0.05, 0) is 88.4 Å². The lowest BCUT2D eigenvalue weighted by atomic mass is 9.84. The van der Waals surface area contributed by atoms with Crippen LogP contribution in [0.25, 0.3) is 0 Å². The third-order valence-corrected chi connectivity index (χ3v) is 12.5. The number of nitrogens with zero attached hydrogens (tertiary/aromatic N) is 2. The van der Waals surface area contributed by atoms with Gasteiger partial charge in [0.2, 0.25) is 23.6 Å². The first-order chi connectivity index (χ1) is 28.6. The second-order valence-corrected chi connectivity index (χ2v) is 16.7. The number of amides is 5. The number of likely N-dealkylation sites (N-methyl/N-ethyl adjacent to an activating group) is 1. The highest BCUT2D eigenvalue weighted by atomic mass is 16.2. The Morgan fingerprint density at radius 2 is 1.53 bits per heavy atom. The molecule has 2 aliphatic carbocycles. The average Bonchev–Trinajstić information content (AvgIpc) is 3.76. The van der Waals surface area contributed by atoms with Crippen molar-refractivity contribution in [3.05, 3.63) is 96.1 Å². The third kappa shape index (κ3) is 12.4. The molecular formula is C47H67N7O5. The van der Waals surface area contributed by atoms with E-state index in [1.807, 2.05) is 91.9 Å². The summed E-state index contributed by atoms with van der Waals surface area (Å²) in [6.45, 7) is 2.69. The second kappa shape index (κ2) is 22.6. The molecule has 0 aromatic heterocycles. The third-order valence-electron chi connectivity index (χ3n) is 12.5. The first-order valence-electron chi connectivity index (χ1n) is 21.9. The van der Waals surface area contributed by atoms with Crippen LogP contribution in [0.1, 0.15) is 102 Å². The van der Waals surface area contributed by atoms with Crippen molar-refractivity contribution in [3.63, 3.8) is 0 Å². The Kier molecular flexibility index (Phi) is 17.4. The maximum Gasteiger partial charge on any atom is 0.252 e. The van der Waals surface area contributed by atoms with Crippen molar-refractivity contribution in [1.82, 2.24) is 25.8 Å². The highest BCUT2D eigenvalue weighted by Crippen LogP contribution is 2.30. The molecule has 1 saturated heterocycles. The van der Waals surface area contributed by atoms with Gasteiger partial charge < -0.3 is 32.3 Å². The number of carbonyl (C=O) groups excluding carboxylic acids is 5. The van der Waals surface area contributed by atoms with E-state index in [1.165, 1.54) is 4.90 Å². The number of carbonyl (C=O) groups is 5. The lowest BCUT2D eigenvalue weighted by molar-refractivity contribution is -0.158. The quantitative estimate of drug-likeness (QED) is 0.122. The molecule has 59 heavy (non-hydrogen) atoms. The summed E-state index contributed by atoms with van der Waals surface area (Å²) in [6, 6.07) is 14.2. The van der Waals surface area contributed by atoms with Gasteiger partial charge in [0.25, 0.3) is 5.91 Å². The monoisotopic (exact) mass is 810 g/mol. The number of allylic oxidation sites excluding steroid dienone is 2. The molecule has 5 amide bonds. The molecule has 2 fully saturated rings. The fraction of sp³-hybridized carbons (Fsp3) is 0.553. The zero-order valence-electron chi connectivity index (χ0n) is 35.2. The van der Waals surface area contributed by atoms with E-state index in [2.05, 4.69) is 16.0 Å². The minimum atomic E-state index is -1.23. The van der Waals surface area contributed by atoms with Crippen LogP contribution in [-0.4, -0.2) is 95.2 Å². The van der Waals surface area contributed by atoms with Crippen molar-refractivity contribution < 1.29 is 24.0 Å². The summed E-state index contributed by atoms with van der Waals surface area (Å²) in [7, 11) is 1.71. The van der Waals surface area contributed by atoms with Gasteiger partial charge in [-0.3, -0.25) is 28.9 Å². The molecule has 12 nitrogen and oxygen atoms in total. The molecule has 2 aromatic carbocycles. The van der Waals surface area contributed by atoms with E-state index < -0.39 is 59.4 Å². The molecule has 0 spiro atoms. The smallest absolute Gasteiger partial charge is 0.252 e. The molecule has 12 heteroatoms. The fourth-order valence-corrected chi connectivity index (χ4v) is 8.90. The van der Waals surface area contributed by atoms with Crippen LogP contribution in [0.2, 0.25) is 0 Å². The normalized spacial score (nSPS) is 21.3. The van der Waals surface area contributed by atoms with Gasteiger partial charge in [-0.25, -0.2) is 0 Å². The molecule has 0 unspecified atom stereocenters. The molecule has 1 aliphatic heterocycles. The molecule has 1 saturated carbocycles. The molecule has 1 heterocycles. The van der Waals surface area contributed by atoms with E-state index in [4.69, 9.17) is 11.5 Å². The predicted octanol–water partition coefficient (Wildman–Crippen LogP) is 4.47. The molecule has 0 radical (unpaired) electrons. The van der Waals surface area contributed by atoms with Gasteiger partial charge in [-0.2, -0.15) is 0 Å². The molecule has 0 bridgehead atoms. The maximum absolute atomic E-state index is 15.3. The maximum atomic E-state index is 15.3. The number of imide groups is 1. The number of likely N-dealkylation sites (tertiary alicyclic amines) is 1. The molecule has 6 atom stereocenters. The fourth-order valence-electron chi connectivity index (χ4n) is 8.90. The van der Waals surface area contributed by atoms with E-state index in [-0.39, 0.29) is 24.8 Å². The summed E-state index contributed by atoms with van der Waals surface area (Å²) in [5.41, 5.74) is 13.7. The van der Waals surface area contributed by atoms with Crippen molar-refractivity contribution in [2.45, 2.75) is 139 Å². The van der Waals surface area contributed by atoms with Crippen molar-refractivity contribution in [1.29, 1.82) is 0 Å². The lowest BCUT2D eigenvalue weighted by Crippen LogP contribution is -2.64. The molecule has 7 N–H and O–H groups in total. The summed E-state index contributed by atoms with van der Waals surface area (Å²) < 4.78 is 0. The van der Waals surface area contributed by atoms with E-state index in [0.29, 0.717) is 64.3 Å². The van der Waals surface area contributed by atoms with Crippen molar-refractivity contribution in [3.8, 4) is 0 Å². The number of unbranched alkanes of at least 4 members (excludes halogenated alkanes) is 1. The Balaban J connectivity index is 1.47. The lowest BCUT2D eigenvalue weighted by Gasteiger charge is -2.39. The van der Waals surface area contributed by atoms with Crippen LogP contribution in [0.4, 0.5) is 0 Å². The van der Waals surface area contributed by atoms with Crippen molar-refractivity contribution >= 4 is 29.5 Å². The average molecular weight is 810 g/mol. The molecule has 3 aliphatic rings. The van der Waals surface area contributed by atoms with Gasteiger partial charge in [0.05, 0.1) is 17.6 Å². The number of nitrogens with two attached hydrogens (primary N) is 2. The Hall–Kier alpha value is -4.65. The van der Waals surface area contributed by atoms with Crippen LogP contribution in [0.3, 0.4) is 0 Å². The van der Waals surface area contributed by atoms with E-state index in [1.54, 1.807) is 7.05 Å². The minimum absolute atomic E-state index is 0.0743. The minimum Gasteiger partial charge on any atom is -0.345 e. The Morgan fingerprint density at radius 3 is 2.14 bits per heavy atom. The molecule has 5 rings (SSSR count). The Bertz CT molecular complexity index is 1750. The van der Waals surface area contributed by atoms with E-state index >= 15 is 4.79 Å². The number of nitrogens with one attached hydrogen (secondary N) is 3. The highest BCUT2D eigenvalue weighted by Gasteiger charge is 2.46. The second-order valence-electron chi connectivity index (χ2n) is 16.7. The van der Waals surface area contributed by atoms with Crippen molar-refractivity contribution in [2.75, 3.05) is 20.1 Å². The number of hydrogen-bond donors (Lipinski definition) is 5. The standard InChI is InChI=1S/C47H67N7O5/c1-3-47(27-15-7-16-28-47)52-43(56)41(33-36-23-12-6-13-24-36)54(44(57)37(49)31-34-19-8-4-9-20-34)46(59)40-26-18-30-53(40)45(58)38(25-14-17-29-48)51-42(55)39(50-2)32-35-21-10-5-11-22-35/h5-7,10-13,15-16,21-24,27,34,37-41,50H,3-4,8-9,14,17-20,25-26,28-33,48-49H2,1-2H3,(H,51,55)(H,52,56)/t37-,38+,39+,40+,41+,47-/m1/s1. The highest BCUT2D eigenvalue weighted by molar-refractivity contribution is 6.05. The van der Waals surface area contributed by atoms with Gasteiger partial charge >= 0.3 is 0 Å². The molecule has 2 aromatic rings. The summed E-state index contributed by atoms with van der Waals surface area (Å²) >= 11 is 0. The van der Waals surface area contributed by atoms with Gasteiger partial charge in [-0.15, -0.1) is 0 Å². The Labute approximate surface area is 351 Å². The summed E-state index contributed by atoms with van der Waals surface area (Å²) in [6.07, 6.45) is 17.5. The van der Waals surface area contributed by atoms with Crippen LogP contribution >= 0.6 is 0 Å². The zero-order chi connectivity index (χ0) is 42.2.